The number of aromatic nitrogens is 4. The largest absolute Gasteiger partial charge is 0.434 e. The molecule has 0 saturated carbocycles. The van der Waals surface area contributed by atoms with E-state index in [1.807, 2.05) is 24.6 Å². The molecule has 132 valence electrons. The molecule has 10 heteroatoms. The van der Waals surface area contributed by atoms with E-state index in [1.54, 1.807) is 0 Å². The van der Waals surface area contributed by atoms with Gasteiger partial charge < -0.3 is 5.32 Å². The summed E-state index contributed by atoms with van der Waals surface area (Å²) in [5.41, 5.74) is 0.654. The lowest BCUT2D eigenvalue weighted by Gasteiger charge is -2.07. The van der Waals surface area contributed by atoms with Gasteiger partial charge in [-0.1, -0.05) is 0 Å². The van der Waals surface area contributed by atoms with Gasteiger partial charge in [-0.3, -0.25) is 14.2 Å². The maximum Gasteiger partial charge on any atom is 0.434 e. The Bertz CT molecular complexity index is 750. The minimum absolute atomic E-state index is 0.282. The number of alkyl halides is 3. The van der Waals surface area contributed by atoms with Gasteiger partial charge in [0.2, 0.25) is 0 Å². The van der Waals surface area contributed by atoms with Crippen molar-refractivity contribution in [2.24, 2.45) is 7.05 Å². The van der Waals surface area contributed by atoms with E-state index in [2.05, 4.69) is 31.4 Å². The summed E-state index contributed by atoms with van der Waals surface area (Å²) in [6.45, 7) is 4.74. The molecule has 0 atom stereocenters. The van der Waals surface area contributed by atoms with Crippen molar-refractivity contribution in [1.82, 2.24) is 24.9 Å². The molecule has 0 aliphatic heterocycles. The highest BCUT2D eigenvalue weighted by atomic mass is 79.9. The second kappa shape index (κ2) is 6.96. The van der Waals surface area contributed by atoms with Crippen LogP contribution in [0, 0.1) is 13.8 Å². The number of carbonyl (C=O) groups excluding carboxylic acids is 1. The molecule has 0 radical (unpaired) electrons. The van der Waals surface area contributed by atoms with Crippen LogP contribution in [0.4, 0.5) is 13.2 Å². The lowest BCUT2D eigenvalue weighted by molar-refractivity contribution is -0.144. The fourth-order valence-corrected chi connectivity index (χ4v) is 3.11. The summed E-state index contributed by atoms with van der Waals surface area (Å²) in [5.74, 6) is -0.652. The molecule has 6 nitrogen and oxygen atoms in total. The fraction of sp³-hybridized carbons (Fsp3) is 0.500. The van der Waals surface area contributed by atoms with Crippen molar-refractivity contribution in [3.8, 4) is 0 Å². The Morgan fingerprint density at radius 3 is 2.50 bits per heavy atom. The zero-order valence-corrected chi connectivity index (χ0v) is 15.0. The predicted octanol–water partition coefficient (Wildman–Crippen LogP) is 2.83. The number of halogens is 4. The first kappa shape index (κ1) is 18.5. The number of amides is 1. The van der Waals surface area contributed by atoms with Gasteiger partial charge in [0.1, 0.15) is 0 Å². The minimum atomic E-state index is -4.59. The van der Waals surface area contributed by atoms with Crippen molar-refractivity contribution in [2.75, 3.05) is 6.54 Å². The number of hydrogen-bond acceptors (Lipinski definition) is 3. The molecule has 24 heavy (non-hydrogen) atoms. The Kier molecular flexibility index (Phi) is 5.36. The van der Waals surface area contributed by atoms with Crippen LogP contribution in [0.15, 0.2) is 10.5 Å². The zero-order chi connectivity index (χ0) is 18.1. The van der Waals surface area contributed by atoms with Gasteiger partial charge in [-0.25, -0.2) is 0 Å². The lowest BCUT2D eigenvalue weighted by atomic mass is 10.3. The van der Waals surface area contributed by atoms with Crippen LogP contribution >= 0.6 is 15.9 Å². The number of rotatable bonds is 5. The summed E-state index contributed by atoms with van der Waals surface area (Å²) in [6, 6.07) is 1.95. The minimum Gasteiger partial charge on any atom is -0.351 e. The van der Waals surface area contributed by atoms with Crippen LogP contribution in [0.25, 0.3) is 0 Å². The molecule has 0 unspecified atom stereocenters. The summed E-state index contributed by atoms with van der Waals surface area (Å²) in [7, 11) is 1.15. The average Bonchev–Trinajstić information content (AvgIpc) is 2.93. The molecule has 0 saturated heterocycles. The van der Waals surface area contributed by atoms with Crippen molar-refractivity contribution >= 4 is 21.8 Å². The van der Waals surface area contributed by atoms with Crippen LogP contribution in [0.1, 0.15) is 34.0 Å². The Balaban J connectivity index is 1.95. The van der Waals surface area contributed by atoms with Crippen LogP contribution in [0.2, 0.25) is 0 Å². The molecule has 1 amide bonds. The Hall–Kier alpha value is -1.84. The smallest absolute Gasteiger partial charge is 0.351 e. The highest BCUT2D eigenvalue weighted by Gasteiger charge is 2.39. The number of nitrogens with one attached hydrogen (secondary N) is 1. The van der Waals surface area contributed by atoms with Gasteiger partial charge in [-0.05, 0) is 42.3 Å². The van der Waals surface area contributed by atoms with E-state index in [4.69, 9.17) is 0 Å². The molecule has 2 rings (SSSR count). The summed E-state index contributed by atoms with van der Waals surface area (Å²) in [4.78, 5) is 12.0. The zero-order valence-electron chi connectivity index (χ0n) is 13.4. The van der Waals surface area contributed by atoms with Crippen LogP contribution in [0.5, 0.6) is 0 Å². The van der Waals surface area contributed by atoms with Gasteiger partial charge in [-0.2, -0.15) is 23.4 Å². The van der Waals surface area contributed by atoms with Crippen molar-refractivity contribution < 1.29 is 18.0 Å². The van der Waals surface area contributed by atoms with Crippen molar-refractivity contribution in [2.45, 2.75) is 33.0 Å². The number of hydrogen-bond donors (Lipinski definition) is 1. The lowest BCUT2D eigenvalue weighted by Crippen LogP contribution is -2.26. The molecule has 2 heterocycles. The van der Waals surface area contributed by atoms with Gasteiger partial charge in [-0.15, -0.1) is 0 Å². The van der Waals surface area contributed by atoms with E-state index >= 15 is 0 Å². The molecule has 2 aromatic heterocycles. The van der Waals surface area contributed by atoms with Gasteiger partial charge in [0.15, 0.2) is 11.4 Å². The molecule has 0 bridgehead atoms. The van der Waals surface area contributed by atoms with Gasteiger partial charge in [0.25, 0.3) is 5.91 Å². The fourth-order valence-electron chi connectivity index (χ4n) is 2.37. The van der Waals surface area contributed by atoms with E-state index < -0.39 is 17.8 Å². The Morgan fingerprint density at radius 2 is 2.00 bits per heavy atom. The van der Waals surface area contributed by atoms with Crippen LogP contribution < -0.4 is 5.32 Å². The van der Waals surface area contributed by atoms with E-state index in [9.17, 15) is 18.0 Å². The highest BCUT2D eigenvalue weighted by molar-refractivity contribution is 9.10. The predicted molar refractivity (Wildman–Crippen MR) is 84.6 cm³/mol. The maximum absolute atomic E-state index is 12.9. The molecular formula is C14H17BrF3N5O. The van der Waals surface area contributed by atoms with Crippen LogP contribution in [0.3, 0.4) is 0 Å². The standard InChI is InChI=1S/C14H17BrF3N5O/c1-8-7-9(2)23(20-8)6-4-5-19-13(24)11-10(15)12(14(16,17)18)22(3)21-11/h7H,4-6H2,1-3H3,(H,19,24). The summed E-state index contributed by atoms with van der Waals surface area (Å²) >= 11 is 2.82. The molecular weight excluding hydrogens is 391 g/mol. The number of nitrogens with zero attached hydrogens (tertiary/aromatic N) is 4. The van der Waals surface area contributed by atoms with Crippen molar-refractivity contribution in [1.29, 1.82) is 0 Å². The molecule has 2 aromatic rings. The highest BCUT2D eigenvalue weighted by Crippen LogP contribution is 2.36. The average molecular weight is 408 g/mol. The summed E-state index contributed by atoms with van der Waals surface area (Å²) in [6.07, 6.45) is -3.99. The normalized spacial score (nSPS) is 11.8. The molecule has 0 aromatic carbocycles. The maximum atomic E-state index is 12.9. The van der Waals surface area contributed by atoms with E-state index in [0.717, 1.165) is 18.4 Å². The third-order valence-electron chi connectivity index (χ3n) is 3.41. The monoisotopic (exact) mass is 407 g/mol. The van der Waals surface area contributed by atoms with Gasteiger partial charge in [0, 0.05) is 25.8 Å². The van der Waals surface area contributed by atoms with Crippen LogP contribution in [-0.2, 0) is 19.8 Å². The first-order valence-electron chi connectivity index (χ1n) is 7.20. The Morgan fingerprint density at radius 1 is 1.33 bits per heavy atom. The summed E-state index contributed by atoms with van der Waals surface area (Å²) < 4.78 is 40.8. The second-order valence-corrected chi connectivity index (χ2v) is 6.19. The second-order valence-electron chi connectivity index (χ2n) is 5.39. The number of aryl methyl sites for hydroxylation is 4. The van der Waals surface area contributed by atoms with Gasteiger partial charge >= 0.3 is 6.18 Å². The topological polar surface area (TPSA) is 64.7 Å². The third-order valence-corrected chi connectivity index (χ3v) is 4.16. The Labute approximate surface area is 145 Å². The van der Waals surface area contributed by atoms with E-state index in [0.29, 0.717) is 24.2 Å². The first-order valence-corrected chi connectivity index (χ1v) is 7.99. The van der Waals surface area contributed by atoms with Crippen molar-refractivity contribution in [3.63, 3.8) is 0 Å². The molecule has 0 fully saturated rings. The van der Waals surface area contributed by atoms with E-state index in [-0.39, 0.29) is 10.2 Å². The van der Waals surface area contributed by atoms with E-state index in [1.165, 1.54) is 0 Å². The van der Waals surface area contributed by atoms with Crippen LogP contribution in [-0.4, -0.2) is 32.0 Å². The van der Waals surface area contributed by atoms with Crippen molar-refractivity contribution in [3.05, 3.63) is 33.3 Å². The molecule has 0 spiro atoms. The molecule has 1 N–H and O–H groups in total. The summed E-state index contributed by atoms with van der Waals surface area (Å²) in [5, 5.41) is 10.5. The SMILES string of the molecule is Cc1cc(C)n(CCCNC(=O)c2nn(C)c(C(F)(F)F)c2Br)n1. The first-order chi connectivity index (χ1) is 11.1. The molecule has 0 aliphatic rings. The third kappa shape index (κ3) is 3.97. The number of carbonyl (C=O) groups is 1. The molecule has 0 aliphatic carbocycles. The quantitative estimate of drug-likeness (QED) is 0.774. The van der Waals surface area contributed by atoms with Gasteiger partial charge in [0.05, 0.1) is 10.2 Å².